The minimum absolute atomic E-state index is 0.388. The van der Waals surface area contributed by atoms with Gasteiger partial charge in [0.25, 0.3) is 0 Å². The molecule has 0 aliphatic carbocycles. The third kappa shape index (κ3) is 2.47. The summed E-state index contributed by atoms with van der Waals surface area (Å²) in [4.78, 5) is 10.2. The Balaban J connectivity index is 2.74. The first kappa shape index (κ1) is 7.88. The highest BCUT2D eigenvalue weighted by molar-refractivity contribution is 6.61. The molecule has 0 aliphatic rings. The second-order valence-corrected chi connectivity index (χ2v) is 2.22. The summed E-state index contributed by atoms with van der Waals surface area (Å²) < 4.78 is 4.54. The molecule has 1 aromatic carbocycles. The number of hydrogen-bond donors (Lipinski definition) is 1. The number of ether oxygens (including phenoxy) is 1. The zero-order valence-corrected chi connectivity index (χ0v) is 6.34. The van der Waals surface area contributed by atoms with Gasteiger partial charge in [-0.25, -0.2) is 4.79 Å². The summed E-state index contributed by atoms with van der Waals surface area (Å²) in [6.45, 7) is 0. The van der Waals surface area contributed by atoms with Crippen LogP contribution in [0.15, 0.2) is 24.3 Å². The molecular weight excluding hydrogens is 166 g/mol. The SMILES string of the molecule is Nc1ccc(OC(=O)Cl)cc1. The van der Waals surface area contributed by atoms with Crippen LogP contribution in [0.3, 0.4) is 0 Å². The van der Waals surface area contributed by atoms with Crippen molar-refractivity contribution < 1.29 is 9.53 Å². The summed E-state index contributed by atoms with van der Waals surface area (Å²) in [6.07, 6.45) is 0. The molecule has 0 atom stereocenters. The summed E-state index contributed by atoms with van der Waals surface area (Å²) in [5, 5.41) is 0. The summed E-state index contributed by atoms with van der Waals surface area (Å²) in [7, 11) is 0. The van der Waals surface area contributed by atoms with Crippen molar-refractivity contribution in [3.05, 3.63) is 24.3 Å². The number of anilines is 1. The van der Waals surface area contributed by atoms with Crippen molar-refractivity contribution in [2.24, 2.45) is 0 Å². The molecule has 0 aliphatic heterocycles. The number of hydrogen-bond acceptors (Lipinski definition) is 3. The molecule has 0 spiro atoms. The van der Waals surface area contributed by atoms with Gasteiger partial charge in [-0.3, -0.25) is 0 Å². The van der Waals surface area contributed by atoms with Crippen LogP contribution in [0.25, 0.3) is 0 Å². The van der Waals surface area contributed by atoms with Crippen LogP contribution < -0.4 is 10.5 Å². The fourth-order valence-electron chi connectivity index (χ4n) is 0.629. The van der Waals surface area contributed by atoms with E-state index in [1.165, 1.54) is 0 Å². The number of carbonyl (C=O) groups excluding carboxylic acids is 1. The summed E-state index contributed by atoms with van der Waals surface area (Å²) in [6, 6.07) is 6.37. The van der Waals surface area contributed by atoms with Gasteiger partial charge in [0.05, 0.1) is 0 Å². The topological polar surface area (TPSA) is 52.3 Å². The number of benzene rings is 1. The Labute approximate surface area is 68.7 Å². The van der Waals surface area contributed by atoms with Gasteiger partial charge in [-0.15, -0.1) is 0 Å². The van der Waals surface area contributed by atoms with Crippen molar-refractivity contribution in [3.8, 4) is 5.75 Å². The normalized spacial score (nSPS) is 9.18. The Kier molecular flexibility index (Phi) is 2.33. The van der Waals surface area contributed by atoms with E-state index in [1.54, 1.807) is 24.3 Å². The van der Waals surface area contributed by atoms with Crippen LogP contribution in [0.5, 0.6) is 5.75 Å². The summed E-state index contributed by atoms with van der Waals surface area (Å²) >= 11 is 4.96. The van der Waals surface area contributed by atoms with Crippen LogP contribution in [-0.2, 0) is 0 Å². The van der Waals surface area contributed by atoms with Crippen molar-refractivity contribution in [1.29, 1.82) is 0 Å². The highest BCUT2D eigenvalue weighted by atomic mass is 35.5. The zero-order valence-electron chi connectivity index (χ0n) is 5.58. The molecule has 0 saturated carbocycles. The number of halogens is 1. The molecule has 58 valence electrons. The maximum atomic E-state index is 10.2. The van der Waals surface area contributed by atoms with Gasteiger partial charge < -0.3 is 10.5 Å². The third-order valence-corrected chi connectivity index (χ3v) is 1.16. The average molecular weight is 172 g/mol. The molecule has 0 unspecified atom stereocenters. The quantitative estimate of drug-likeness (QED) is 0.520. The van der Waals surface area contributed by atoms with Crippen LogP contribution in [0.2, 0.25) is 0 Å². The van der Waals surface area contributed by atoms with Crippen molar-refractivity contribution in [2.75, 3.05) is 5.73 Å². The van der Waals surface area contributed by atoms with E-state index in [2.05, 4.69) is 4.74 Å². The molecule has 1 aromatic rings. The van der Waals surface area contributed by atoms with E-state index in [9.17, 15) is 4.79 Å². The molecule has 0 fully saturated rings. The van der Waals surface area contributed by atoms with E-state index >= 15 is 0 Å². The van der Waals surface area contributed by atoms with Gasteiger partial charge in [0.15, 0.2) is 0 Å². The van der Waals surface area contributed by atoms with E-state index in [0.717, 1.165) is 0 Å². The zero-order chi connectivity index (χ0) is 8.27. The lowest BCUT2D eigenvalue weighted by Gasteiger charge is -1.98. The first-order valence-electron chi connectivity index (χ1n) is 2.91. The van der Waals surface area contributed by atoms with Crippen LogP contribution in [0.4, 0.5) is 10.5 Å². The number of nitrogen functional groups attached to an aromatic ring is 1. The molecule has 3 nitrogen and oxygen atoms in total. The third-order valence-electron chi connectivity index (χ3n) is 1.08. The molecule has 2 N–H and O–H groups in total. The standard InChI is InChI=1S/C7H6ClNO2/c8-7(10)11-6-3-1-5(9)2-4-6/h1-4H,9H2. The minimum Gasteiger partial charge on any atom is -0.415 e. The van der Waals surface area contributed by atoms with Crippen molar-refractivity contribution in [2.45, 2.75) is 0 Å². The Hall–Kier alpha value is -1.22. The average Bonchev–Trinajstić information content (AvgIpc) is 1.93. The van der Waals surface area contributed by atoms with Crippen LogP contribution in [0.1, 0.15) is 0 Å². The van der Waals surface area contributed by atoms with Gasteiger partial charge in [0.2, 0.25) is 0 Å². The highest BCUT2D eigenvalue weighted by Gasteiger charge is 1.97. The van der Waals surface area contributed by atoms with Gasteiger partial charge in [0, 0.05) is 17.3 Å². The van der Waals surface area contributed by atoms with Gasteiger partial charge in [-0.1, -0.05) is 0 Å². The summed E-state index contributed by atoms with van der Waals surface area (Å²) in [5.41, 5.74) is 5.14. The maximum Gasteiger partial charge on any atom is 0.409 e. The fourth-order valence-corrected chi connectivity index (χ4v) is 0.718. The number of rotatable bonds is 1. The molecule has 0 radical (unpaired) electrons. The monoisotopic (exact) mass is 171 g/mol. The van der Waals surface area contributed by atoms with Crippen molar-refractivity contribution >= 4 is 22.7 Å². The number of nitrogens with two attached hydrogens (primary N) is 1. The van der Waals surface area contributed by atoms with E-state index in [-0.39, 0.29) is 0 Å². The lowest BCUT2D eigenvalue weighted by Crippen LogP contribution is -1.95. The largest absolute Gasteiger partial charge is 0.415 e. The molecule has 0 amide bonds. The molecular formula is C7H6ClNO2. The van der Waals surface area contributed by atoms with Gasteiger partial charge >= 0.3 is 5.43 Å². The molecule has 0 heterocycles. The summed E-state index contributed by atoms with van der Waals surface area (Å²) in [5.74, 6) is 0.388. The first-order chi connectivity index (χ1) is 5.18. The molecule has 11 heavy (non-hydrogen) atoms. The molecule has 4 heteroatoms. The second kappa shape index (κ2) is 3.25. The van der Waals surface area contributed by atoms with Crippen LogP contribution in [0, 0.1) is 0 Å². The van der Waals surface area contributed by atoms with E-state index < -0.39 is 5.43 Å². The molecule has 0 aromatic heterocycles. The molecule has 1 rings (SSSR count). The predicted molar refractivity (Wildman–Crippen MR) is 42.7 cm³/mol. The van der Waals surface area contributed by atoms with Crippen LogP contribution in [-0.4, -0.2) is 5.43 Å². The van der Waals surface area contributed by atoms with Crippen molar-refractivity contribution in [3.63, 3.8) is 0 Å². The second-order valence-electron chi connectivity index (χ2n) is 1.91. The van der Waals surface area contributed by atoms with E-state index in [0.29, 0.717) is 11.4 Å². The van der Waals surface area contributed by atoms with Crippen molar-refractivity contribution in [1.82, 2.24) is 0 Å². The smallest absolute Gasteiger partial charge is 0.409 e. The maximum absolute atomic E-state index is 10.2. The number of carbonyl (C=O) groups is 1. The Morgan fingerprint density at radius 1 is 1.36 bits per heavy atom. The van der Waals surface area contributed by atoms with E-state index in [4.69, 9.17) is 17.3 Å². The van der Waals surface area contributed by atoms with Gasteiger partial charge in [-0.2, -0.15) is 0 Å². The van der Waals surface area contributed by atoms with Gasteiger partial charge in [0.1, 0.15) is 5.75 Å². The van der Waals surface area contributed by atoms with E-state index in [1.807, 2.05) is 0 Å². The molecule has 0 saturated heterocycles. The minimum atomic E-state index is -0.852. The predicted octanol–water partition coefficient (Wildman–Crippen LogP) is 2.01. The first-order valence-corrected chi connectivity index (χ1v) is 3.29. The molecule has 0 bridgehead atoms. The van der Waals surface area contributed by atoms with Crippen LogP contribution >= 0.6 is 11.6 Å². The Morgan fingerprint density at radius 2 is 1.91 bits per heavy atom. The Bertz CT molecular complexity index is 258. The lowest BCUT2D eigenvalue weighted by molar-refractivity contribution is 0.225. The van der Waals surface area contributed by atoms with Gasteiger partial charge in [-0.05, 0) is 24.3 Å². The fraction of sp³-hybridized carbons (Fsp3) is 0. The highest BCUT2D eigenvalue weighted by Crippen LogP contribution is 2.13. The lowest BCUT2D eigenvalue weighted by atomic mass is 10.3. The Morgan fingerprint density at radius 3 is 2.36 bits per heavy atom.